The summed E-state index contributed by atoms with van der Waals surface area (Å²) in [6.07, 6.45) is 1.23. The topological polar surface area (TPSA) is 38.7 Å². The van der Waals surface area contributed by atoms with Crippen LogP contribution in [0.4, 0.5) is 0 Å². The lowest BCUT2D eigenvalue weighted by atomic mass is 10.6. The first-order valence-corrected chi connectivity index (χ1v) is 2.05. The lowest BCUT2D eigenvalue weighted by Gasteiger charge is -1.92. The molecule has 0 amide bonds. The van der Waals surface area contributed by atoms with Crippen LogP contribution in [0.2, 0.25) is 0 Å². The number of nitrogens with zero attached hydrogens (tertiary/aromatic N) is 1. The number of ether oxygens (including phenoxy) is 1. The molecule has 3 nitrogen and oxygen atoms in total. The molecule has 0 aromatic carbocycles. The van der Waals surface area contributed by atoms with Crippen molar-refractivity contribution in [2.24, 2.45) is 5.18 Å². The summed E-state index contributed by atoms with van der Waals surface area (Å²) in [6.45, 7) is 6.65. The highest BCUT2D eigenvalue weighted by atomic mass is 16.5. The average molecular weight is 113 g/mol. The van der Waals surface area contributed by atoms with Gasteiger partial charge in [-0.15, -0.1) is 4.91 Å². The van der Waals surface area contributed by atoms with Crippen molar-refractivity contribution >= 4 is 0 Å². The molecule has 0 atom stereocenters. The van der Waals surface area contributed by atoms with Crippen LogP contribution in [-0.4, -0.2) is 6.61 Å². The van der Waals surface area contributed by atoms with Crippen molar-refractivity contribution in [3.63, 3.8) is 0 Å². The van der Waals surface area contributed by atoms with E-state index in [2.05, 4.69) is 23.1 Å². The fourth-order valence-corrected chi connectivity index (χ4v) is 0.181. The normalized spacial score (nSPS) is 7.50. The average Bonchev–Trinajstić information content (AvgIpc) is 1.83. The number of nitroso groups, excluding NO2 is 1. The summed E-state index contributed by atoms with van der Waals surface area (Å²) < 4.78 is 4.56. The van der Waals surface area contributed by atoms with Gasteiger partial charge in [0, 0.05) is 0 Å². The Morgan fingerprint density at radius 1 is 1.88 bits per heavy atom. The third-order valence-corrected chi connectivity index (χ3v) is 0.497. The van der Waals surface area contributed by atoms with E-state index in [4.69, 9.17) is 0 Å². The Bertz CT molecular complexity index is 109. The maximum Gasteiger partial charge on any atom is 0.132 e. The molecule has 0 radical (unpaired) electrons. The van der Waals surface area contributed by atoms with E-state index in [1.165, 1.54) is 6.26 Å². The third-order valence-electron chi connectivity index (χ3n) is 0.497. The molecule has 0 aromatic heterocycles. The van der Waals surface area contributed by atoms with Crippen LogP contribution >= 0.6 is 0 Å². The van der Waals surface area contributed by atoms with Crippen LogP contribution in [0.3, 0.4) is 0 Å². The summed E-state index contributed by atoms with van der Waals surface area (Å²) in [6, 6.07) is 0. The number of hydrogen-bond donors (Lipinski definition) is 0. The van der Waals surface area contributed by atoms with Gasteiger partial charge < -0.3 is 4.74 Å². The van der Waals surface area contributed by atoms with Crippen molar-refractivity contribution in [3.05, 3.63) is 30.0 Å². The minimum absolute atomic E-state index is 0.132. The Balaban J connectivity index is 3.24. The van der Waals surface area contributed by atoms with Crippen molar-refractivity contribution < 1.29 is 4.74 Å². The highest BCUT2D eigenvalue weighted by Crippen LogP contribution is 1.90. The van der Waals surface area contributed by atoms with E-state index in [-0.39, 0.29) is 12.3 Å². The Hall–Kier alpha value is -1.12. The van der Waals surface area contributed by atoms with Crippen molar-refractivity contribution in [1.82, 2.24) is 0 Å². The third kappa shape index (κ3) is 3.08. The number of hydrogen-bond acceptors (Lipinski definition) is 3. The van der Waals surface area contributed by atoms with Gasteiger partial charge >= 0.3 is 0 Å². The quantitative estimate of drug-likeness (QED) is 0.408. The SMILES string of the molecule is C=COCC(=C)N=O. The Labute approximate surface area is 47.6 Å². The van der Waals surface area contributed by atoms with Gasteiger partial charge in [-0.3, -0.25) is 0 Å². The minimum Gasteiger partial charge on any atom is -0.495 e. The van der Waals surface area contributed by atoms with Crippen molar-refractivity contribution in [3.8, 4) is 0 Å². The molecule has 0 heterocycles. The van der Waals surface area contributed by atoms with Crippen LogP contribution in [-0.2, 0) is 4.74 Å². The molecule has 0 N–H and O–H groups in total. The van der Waals surface area contributed by atoms with Crippen LogP contribution in [0, 0.1) is 4.91 Å². The van der Waals surface area contributed by atoms with Gasteiger partial charge in [0.1, 0.15) is 12.3 Å². The molecule has 3 heteroatoms. The molecule has 0 fully saturated rings. The zero-order valence-electron chi connectivity index (χ0n) is 4.46. The molecule has 44 valence electrons. The summed E-state index contributed by atoms with van der Waals surface area (Å²) in [5.74, 6) is 0. The summed E-state index contributed by atoms with van der Waals surface area (Å²) in [5.41, 5.74) is 0.171. The second-order valence-electron chi connectivity index (χ2n) is 1.14. The largest absolute Gasteiger partial charge is 0.495 e. The van der Waals surface area contributed by atoms with Crippen LogP contribution < -0.4 is 0 Å². The zero-order valence-corrected chi connectivity index (χ0v) is 4.46. The molecule has 0 unspecified atom stereocenters. The molecule has 0 saturated carbocycles. The first-order chi connectivity index (χ1) is 3.81. The summed E-state index contributed by atoms with van der Waals surface area (Å²) in [5, 5.41) is 2.51. The predicted molar refractivity (Wildman–Crippen MR) is 31.1 cm³/mol. The van der Waals surface area contributed by atoms with E-state index in [1.807, 2.05) is 0 Å². The van der Waals surface area contributed by atoms with Gasteiger partial charge in [-0.05, 0) is 5.18 Å². The van der Waals surface area contributed by atoms with Crippen LogP contribution in [0.1, 0.15) is 0 Å². The standard InChI is InChI=1S/C5H7NO2/c1-3-8-4-5(2)6-7/h3H,1-2,4H2. The molecule has 0 spiro atoms. The monoisotopic (exact) mass is 113 g/mol. The van der Waals surface area contributed by atoms with Crippen molar-refractivity contribution in [1.29, 1.82) is 0 Å². The van der Waals surface area contributed by atoms with E-state index in [0.717, 1.165) is 0 Å². The molecular weight excluding hydrogens is 106 g/mol. The molecule has 8 heavy (non-hydrogen) atoms. The molecule has 0 aliphatic carbocycles. The summed E-state index contributed by atoms with van der Waals surface area (Å²) in [7, 11) is 0. The first-order valence-electron chi connectivity index (χ1n) is 2.05. The van der Waals surface area contributed by atoms with E-state index >= 15 is 0 Å². The fraction of sp³-hybridized carbons (Fsp3) is 0.200. The minimum atomic E-state index is 0.132. The smallest absolute Gasteiger partial charge is 0.132 e. The molecule has 0 bridgehead atoms. The van der Waals surface area contributed by atoms with Gasteiger partial charge in [-0.1, -0.05) is 13.2 Å². The lowest BCUT2D eigenvalue weighted by Crippen LogP contribution is -1.86. The van der Waals surface area contributed by atoms with Crippen LogP contribution in [0.5, 0.6) is 0 Å². The molecule has 0 saturated heterocycles. The van der Waals surface area contributed by atoms with Gasteiger partial charge in [0.15, 0.2) is 0 Å². The van der Waals surface area contributed by atoms with E-state index < -0.39 is 0 Å². The fourth-order valence-electron chi connectivity index (χ4n) is 0.181. The lowest BCUT2D eigenvalue weighted by molar-refractivity contribution is 0.281. The summed E-state index contributed by atoms with van der Waals surface area (Å²) >= 11 is 0. The maximum atomic E-state index is 9.55. The van der Waals surface area contributed by atoms with Gasteiger partial charge in [-0.25, -0.2) is 0 Å². The maximum absolute atomic E-state index is 9.55. The molecular formula is C5H7NO2. The Kier molecular flexibility index (Phi) is 3.48. The van der Waals surface area contributed by atoms with Gasteiger partial charge in [-0.2, -0.15) is 0 Å². The van der Waals surface area contributed by atoms with Crippen molar-refractivity contribution in [2.75, 3.05) is 6.61 Å². The van der Waals surface area contributed by atoms with Gasteiger partial charge in [0.25, 0.3) is 0 Å². The molecule has 0 aliphatic heterocycles. The Morgan fingerprint density at radius 2 is 2.50 bits per heavy atom. The Morgan fingerprint density at radius 3 is 2.88 bits per heavy atom. The van der Waals surface area contributed by atoms with Crippen LogP contribution in [0.25, 0.3) is 0 Å². The highest BCUT2D eigenvalue weighted by molar-refractivity contribution is 4.90. The zero-order chi connectivity index (χ0) is 6.41. The molecule has 0 aromatic rings. The first kappa shape index (κ1) is 6.88. The predicted octanol–water partition coefficient (Wildman–Crippen LogP) is 1.43. The number of rotatable bonds is 4. The van der Waals surface area contributed by atoms with Gasteiger partial charge in [0.05, 0.1) is 6.26 Å². The molecule has 0 aliphatic rings. The summed E-state index contributed by atoms with van der Waals surface area (Å²) in [4.78, 5) is 9.55. The van der Waals surface area contributed by atoms with E-state index in [9.17, 15) is 4.91 Å². The highest BCUT2D eigenvalue weighted by Gasteiger charge is 1.86. The van der Waals surface area contributed by atoms with Crippen molar-refractivity contribution in [2.45, 2.75) is 0 Å². The second-order valence-corrected chi connectivity index (χ2v) is 1.14. The van der Waals surface area contributed by atoms with E-state index in [0.29, 0.717) is 0 Å². The molecule has 0 rings (SSSR count). The van der Waals surface area contributed by atoms with Gasteiger partial charge in [0.2, 0.25) is 0 Å². The van der Waals surface area contributed by atoms with E-state index in [1.54, 1.807) is 0 Å². The van der Waals surface area contributed by atoms with Crippen LogP contribution in [0.15, 0.2) is 30.3 Å². The second kappa shape index (κ2) is 4.05.